The molecule has 146 valence electrons. The number of para-hydroxylation sites is 1. The van der Waals surface area contributed by atoms with Crippen LogP contribution in [-0.4, -0.2) is 30.5 Å². The molecule has 2 heterocycles. The number of methoxy groups -OCH3 is 1. The van der Waals surface area contributed by atoms with Gasteiger partial charge in [-0.05, 0) is 47.9 Å². The number of rotatable bonds is 5. The first-order valence-electron chi connectivity index (χ1n) is 9.42. The first kappa shape index (κ1) is 18.7. The predicted molar refractivity (Wildman–Crippen MR) is 110 cm³/mol. The lowest BCUT2D eigenvalue weighted by molar-refractivity contribution is 0.0946. The number of fused-ring (bicyclic) bond motifs is 1. The van der Waals surface area contributed by atoms with Gasteiger partial charge in [-0.2, -0.15) is 0 Å². The van der Waals surface area contributed by atoms with Gasteiger partial charge in [-0.15, -0.1) is 0 Å². The molecule has 6 nitrogen and oxygen atoms in total. The van der Waals surface area contributed by atoms with E-state index < -0.39 is 0 Å². The molecule has 3 aromatic rings. The van der Waals surface area contributed by atoms with Gasteiger partial charge >= 0.3 is 0 Å². The van der Waals surface area contributed by atoms with Crippen LogP contribution in [-0.2, 0) is 13.0 Å². The van der Waals surface area contributed by atoms with Crippen molar-refractivity contribution in [3.63, 3.8) is 0 Å². The quantitative estimate of drug-likeness (QED) is 0.730. The van der Waals surface area contributed by atoms with Gasteiger partial charge < -0.3 is 15.0 Å². The van der Waals surface area contributed by atoms with Crippen molar-refractivity contribution in [1.82, 2.24) is 10.3 Å². The molecule has 0 unspecified atom stereocenters. The van der Waals surface area contributed by atoms with Gasteiger partial charge in [-0.1, -0.05) is 24.3 Å². The third-order valence-corrected chi connectivity index (χ3v) is 5.02. The zero-order valence-electron chi connectivity index (χ0n) is 16.1. The molecule has 1 aliphatic rings. The van der Waals surface area contributed by atoms with E-state index in [1.54, 1.807) is 54.7 Å². The zero-order valence-corrected chi connectivity index (χ0v) is 16.1. The minimum atomic E-state index is -0.183. The van der Waals surface area contributed by atoms with Crippen LogP contribution < -0.4 is 15.0 Å². The van der Waals surface area contributed by atoms with E-state index >= 15 is 0 Å². The van der Waals surface area contributed by atoms with Crippen LogP contribution in [0.15, 0.2) is 67.0 Å². The summed E-state index contributed by atoms with van der Waals surface area (Å²) in [6.45, 7) is 1.05. The molecule has 6 heteroatoms. The Kier molecular flexibility index (Phi) is 5.24. The lowest BCUT2D eigenvalue weighted by atomic mass is 10.1. The molecule has 2 amide bonds. The molecule has 0 atom stereocenters. The molecule has 0 aliphatic carbocycles. The van der Waals surface area contributed by atoms with Gasteiger partial charge in [0.05, 0.1) is 12.7 Å². The molecule has 1 aromatic heterocycles. The van der Waals surface area contributed by atoms with Crippen LogP contribution in [0.1, 0.15) is 31.8 Å². The second-order valence-electron chi connectivity index (χ2n) is 6.79. The summed E-state index contributed by atoms with van der Waals surface area (Å²) in [6.07, 6.45) is 4.04. The van der Waals surface area contributed by atoms with Gasteiger partial charge in [-0.25, -0.2) is 0 Å². The Hall–Kier alpha value is -3.67. The number of benzene rings is 2. The maximum absolute atomic E-state index is 12.8. The van der Waals surface area contributed by atoms with E-state index in [-0.39, 0.29) is 11.8 Å². The number of pyridine rings is 1. The maximum Gasteiger partial charge on any atom is 0.258 e. The maximum atomic E-state index is 12.8. The number of ether oxygens (including phenoxy) is 1. The van der Waals surface area contributed by atoms with Crippen molar-refractivity contribution in [2.24, 2.45) is 0 Å². The van der Waals surface area contributed by atoms with Crippen molar-refractivity contribution in [2.45, 2.75) is 13.0 Å². The first-order chi connectivity index (χ1) is 14.2. The third-order valence-electron chi connectivity index (χ3n) is 5.02. The molecule has 1 aliphatic heterocycles. The van der Waals surface area contributed by atoms with Crippen molar-refractivity contribution in [2.75, 3.05) is 18.6 Å². The molecular formula is C23H21N3O3. The number of nitrogens with zero attached hydrogens (tertiary/aromatic N) is 2. The van der Waals surface area contributed by atoms with Gasteiger partial charge in [-0.3, -0.25) is 14.6 Å². The van der Waals surface area contributed by atoms with Crippen LogP contribution >= 0.6 is 0 Å². The van der Waals surface area contributed by atoms with E-state index in [2.05, 4.69) is 16.4 Å². The summed E-state index contributed by atoms with van der Waals surface area (Å²) in [6, 6.07) is 16.5. The summed E-state index contributed by atoms with van der Waals surface area (Å²) in [5.41, 5.74) is 4.15. The number of amides is 2. The normalized spacial score (nSPS) is 12.4. The summed E-state index contributed by atoms with van der Waals surface area (Å²) >= 11 is 0. The number of hydrogen-bond donors (Lipinski definition) is 1. The highest BCUT2D eigenvalue weighted by molar-refractivity contribution is 6.07. The van der Waals surface area contributed by atoms with Gasteiger partial charge in [0.25, 0.3) is 11.8 Å². The topological polar surface area (TPSA) is 71.5 Å². The van der Waals surface area contributed by atoms with E-state index in [1.165, 1.54) is 0 Å². The minimum absolute atomic E-state index is 0.0247. The summed E-state index contributed by atoms with van der Waals surface area (Å²) in [5.74, 6) is 0.338. The molecule has 0 saturated heterocycles. The van der Waals surface area contributed by atoms with E-state index in [0.29, 0.717) is 30.0 Å². The fraction of sp³-hybridized carbons (Fsp3) is 0.174. The standard InChI is InChI=1S/C23H21N3O3/c1-29-21-5-3-2-4-19(21)22(27)25-15-16-6-7-20-18(14-16)10-13-26(20)23(28)17-8-11-24-12-9-17/h2-9,11-12,14H,10,13,15H2,1H3,(H,25,27). The summed E-state index contributed by atoms with van der Waals surface area (Å²) in [5, 5.41) is 2.93. The lowest BCUT2D eigenvalue weighted by Crippen LogP contribution is -2.28. The Bertz CT molecular complexity index is 1050. The Morgan fingerprint density at radius 2 is 1.90 bits per heavy atom. The van der Waals surface area contributed by atoms with Crippen molar-refractivity contribution in [3.05, 3.63) is 89.2 Å². The van der Waals surface area contributed by atoms with Crippen molar-refractivity contribution in [3.8, 4) is 5.75 Å². The molecule has 0 spiro atoms. The van der Waals surface area contributed by atoms with Crippen molar-refractivity contribution in [1.29, 1.82) is 0 Å². The smallest absolute Gasteiger partial charge is 0.258 e. The monoisotopic (exact) mass is 387 g/mol. The summed E-state index contributed by atoms with van der Waals surface area (Å²) in [4.78, 5) is 31.0. The largest absolute Gasteiger partial charge is 0.496 e. The molecule has 29 heavy (non-hydrogen) atoms. The molecule has 4 rings (SSSR count). The van der Waals surface area contributed by atoms with E-state index in [9.17, 15) is 9.59 Å². The van der Waals surface area contributed by atoms with Gasteiger partial charge in [0, 0.05) is 36.7 Å². The SMILES string of the molecule is COc1ccccc1C(=O)NCc1ccc2c(c1)CCN2C(=O)c1ccncc1. The molecule has 2 aromatic carbocycles. The molecule has 0 saturated carbocycles. The number of anilines is 1. The number of carbonyl (C=O) groups excluding carboxylic acids is 2. The fourth-order valence-electron chi connectivity index (χ4n) is 3.54. The number of nitrogens with one attached hydrogen (secondary N) is 1. The average molecular weight is 387 g/mol. The first-order valence-corrected chi connectivity index (χ1v) is 9.42. The van der Waals surface area contributed by atoms with Crippen LogP contribution in [0.4, 0.5) is 5.69 Å². The third kappa shape index (κ3) is 3.82. The minimum Gasteiger partial charge on any atom is -0.496 e. The van der Waals surface area contributed by atoms with Crippen LogP contribution in [0, 0.1) is 0 Å². The Balaban J connectivity index is 1.46. The van der Waals surface area contributed by atoms with Crippen LogP contribution in [0.25, 0.3) is 0 Å². The van der Waals surface area contributed by atoms with Crippen LogP contribution in [0.3, 0.4) is 0 Å². The van der Waals surface area contributed by atoms with Crippen molar-refractivity contribution >= 4 is 17.5 Å². The Morgan fingerprint density at radius 3 is 2.69 bits per heavy atom. The summed E-state index contributed by atoms with van der Waals surface area (Å²) in [7, 11) is 1.55. The lowest BCUT2D eigenvalue weighted by Gasteiger charge is -2.17. The Morgan fingerprint density at radius 1 is 1.10 bits per heavy atom. The Labute approximate surface area is 169 Å². The second kappa shape index (κ2) is 8.14. The van der Waals surface area contributed by atoms with E-state index in [0.717, 1.165) is 23.2 Å². The highest BCUT2D eigenvalue weighted by Gasteiger charge is 2.25. The number of hydrogen-bond acceptors (Lipinski definition) is 4. The van der Waals surface area contributed by atoms with Gasteiger partial charge in [0.15, 0.2) is 0 Å². The molecule has 1 N–H and O–H groups in total. The van der Waals surface area contributed by atoms with Gasteiger partial charge in [0.2, 0.25) is 0 Å². The number of aromatic nitrogens is 1. The molecular weight excluding hydrogens is 366 g/mol. The fourth-order valence-corrected chi connectivity index (χ4v) is 3.54. The zero-order chi connectivity index (χ0) is 20.2. The van der Waals surface area contributed by atoms with Gasteiger partial charge in [0.1, 0.15) is 5.75 Å². The number of carbonyl (C=O) groups is 2. The highest BCUT2D eigenvalue weighted by Crippen LogP contribution is 2.30. The van der Waals surface area contributed by atoms with Crippen LogP contribution in [0.5, 0.6) is 5.75 Å². The molecule has 0 fully saturated rings. The van der Waals surface area contributed by atoms with Crippen LogP contribution in [0.2, 0.25) is 0 Å². The van der Waals surface area contributed by atoms with E-state index in [1.807, 2.05) is 18.2 Å². The summed E-state index contributed by atoms with van der Waals surface area (Å²) < 4.78 is 5.25. The predicted octanol–water partition coefficient (Wildman–Crippen LogP) is 3.22. The average Bonchev–Trinajstić information content (AvgIpc) is 3.20. The second-order valence-corrected chi connectivity index (χ2v) is 6.79. The molecule has 0 bridgehead atoms. The highest BCUT2D eigenvalue weighted by atomic mass is 16.5. The molecule has 0 radical (unpaired) electrons. The van der Waals surface area contributed by atoms with E-state index in [4.69, 9.17) is 4.74 Å². The van der Waals surface area contributed by atoms with Crippen molar-refractivity contribution < 1.29 is 14.3 Å².